The van der Waals surface area contributed by atoms with Crippen molar-refractivity contribution in [2.75, 3.05) is 5.32 Å². The van der Waals surface area contributed by atoms with Crippen LogP contribution >= 0.6 is 0 Å². The molecule has 0 aliphatic carbocycles. The third kappa shape index (κ3) is 3.17. The smallest absolute Gasteiger partial charge is 0.265 e. The molecule has 1 heterocycles. The predicted molar refractivity (Wildman–Crippen MR) is 99.0 cm³/mol. The minimum Gasteiger partial charge on any atom is -0.506 e. The molecule has 0 amide bonds. The molecule has 0 aliphatic rings. The van der Waals surface area contributed by atoms with Crippen LogP contribution in [-0.4, -0.2) is 15.5 Å². The van der Waals surface area contributed by atoms with E-state index in [9.17, 15) is 14.7 Å². The van der Waals surface area contributed by atoms with Crippen LogP contribution in [0.15, 0.2) is 71.2 Å². The second-order valence-corrected chi connectivity index (χ2v) is 5.79. The van der Waals surface area contributed by atoms with Crippen LogP contribution in [0.1, 0.15) is 17.3 Å². The number of rotatable bonds is 4. The summed E-state index contributed by atoms with van der Waals surface area (Å²) in [6, 6.07) is 16.3. The lowest BCUT2D eigenvalue weighted by Gasteiger charge is -2.10. The Bertz CT molecular complexity index is 1030. The van der Waals surface area contributed by atoms with E-state index in [-0.39, 0.29) is 11.3 Å². The maximum Gasteiger partial charge on any atom is 0.265 e. The molecular formula is C20H18N2O3. The number of pyridine rings is 1. The van der Waals surface area contributed by atoms with E-state index in [2.05, 4.69) is 5.32 Å². The number of hydrogen-bond donors (Lipinski definition) is 2. The molecule has 5 heteroatoms. The normalized spacial score (nSPS) is 11.5. The van der Waals surface area contributed by atoms with E-state index >= 15 is 0 Å². The van der Waals surface area contributed by atoms with Gasteiger partial charge in [0.05, 0.1) is 5.52 Å². The number of anilines is 1. The van der Waals surface area contributed by atoms with Crippen molar-refractivity contribution >= 4 is 22.4 Å². The zero-order valence-electron chi connectivity index (χ0n) is 14.0. The Kier molecular flexibility index (Phi) is 4.39. The SMILES string of the molecule is C/C(=C\C(=O)c1c(O)c2ccccc2n(C)c1=O)Nc1ccccc1. The third-order valence-corrected chi connectivity index (χ3v) is 3.99. The zero-order chi connectivity index (χ0) is 18.0. The number of aromatic nitrogens is 1. The fraction of sp³-hybridized carbons (Fsp3) is 0.100. The predicted octanol–water partition coefficient (Wildman–Crippen LogP) is 3.44. The first-order valence-corrected chi connectivity index (χ1v) is 7.84. The Labute approximate surface area is 144 Å². The van der Waals surface area contributed by atoms with Gasteiger partial charge in [-0.05, 0) is 31.2 Å². The Morgan fingerprint density at radius 2 is 1.72 bits per heavy atom. The van der Waals surface area contributed by atoms with Crippen molar-refractivity contribution in [3.8, 4) is 5.75 Å². The zero-order valence-corrected chi connectivity index (χ0v) is 14.0. The second-order valence-electron chi connectivity index (χ2n) is 5.79. The molecule has 1 aromatic heterocycles. The summed E-state index contributed by atoms with van der Waals surface area (Å²) in [7, 11) is 1.58. The molecule has 25 heavy (non-hydrogen) atoms. The number of aryl methyl sites for hydroxylation is 1. The molecule has 0 radical (unpaired) electrons. The number of benzene rings is 2. The first-order chi connectivity index (χ1) is 12.0. The summed E-state index contributed by atoms with van der Waals surface area (Å²) in [5.74, 6) is -0.822. The molecule has 0 unspecified atom stereocenters. The summed E-state index contributed by atoms with van der Waals surface area (Å²) < 4.78 is 1.37. The van der Waals surface area contributed by atoms with E-state index < -0.39 is 11.3 Å². The Morgan fingerprint density at radius 1 is 1.08 bits per heavy atom. The molecule has 2 aromatic carbocycles. The molecule has 3 aromatic rings. The summed E-state index contributed by atoms with van der Waals surface area (Å²) in [5.41, 5.74) is 1.23. The van der Waals surface area contributed by atoms with Gasteiger partial charge in [0.2, 0.25) is 0 Å². The van der Waals surface area contributed by atoms with Gasteiger partial charge in [0.15, 0.2) is 5.78 Å². The van der Waals surface area contributed by atoms with Gasteiger partial charge in [0, 0.05) is 29.9 Å². The van der Waals surface area contributed by atoms with Gasteiger partial charge in [-0.25, -0.2) is 0 Å². The summed E-state index contributed by atoms with van der Waals surface area (Å²) in [6.07, 6.45) is 1.32. The van der Waals surface area contributed by atoms with Crippen LogP contribution in [0.25, 0.3) is 10.9 Å². The Hall–Kier alpha value is -3.34. The maximum absolute atomic E-state index is 12.6. The molecule has 0 spiro atoms. The largest absolute Gasteiger partial charge is 0.506 e. The van der Waals surface area contributed by atoms with E-state index in [0.29, 0.717) is 16.6 Å². The number of nitrogens with one attached hydrogen (secondary N) is 1. The number of fused-ring (bicyclic) bond motifs is 1. The van der Waals surface area contributed by atoms with E-state index in [4.69, 9.17) is 0 Å². The topological polar surface area (TPSA) is 71.3 Å². The van der Waals surface area contributed by atoms with E-state index in [1.807, 2.05) is 30.3 Å². The van der Waals surface area contributed by atoms with Crippen molar-refractivity contribution in [1.82, 2.24) is 4.57 Å². The molecule has 0 atom stereocenters. The number of nitrogens with zero attached hydrogens (tertiary/aromatic N) is 1. The van der Waals surface area contributed by atoms with Crippen LogP contribution in [0.2, 0.25) is 0 Å². The fourth-order valence-corrected chi connectivity index (χ4v) is 2.76. The number of allylic oxidation sites excluding steroid dienone is 2. The first kappa shape index (κ1) is 16.5. The van der Waals surface area contributed by atoms with Crippen LogP contribution in [0.4, 0.5) is 5.69 Å². The van der Waals surface area contributed by atoms with Crippen LogP contribution < -0.4 is 10.9 Å². The number of hydrogen-bond acceptors (Lipinski definition) is 4. The summed E-state index contributed by atoms with van der Waals surface area (Å²) in [5, 5.41) is 14.0. The van der Waals surface area contributed by atoms with Gasteiger partial charge in [0.1, 0.15) is 11.3 Å². The maximum atomic E-state index is 12.6. The molecular weight excluding hydrogens is 316 g/mol. The minimum atomic E-state index is -0.537. The third-order valence-electron chi connectivity index (χ3n) is 3.99. The number of carbonyl (C=O) groups is 1. The van der Waals surface area contributed by atoms with Gasteiger partial charge in [-0.1, -0.05) is 30.3 Å². The average molecular weight is 334 g/mol. The summed E-state index contributed by atoms with van der Waals surface area (Å²) in [6.45, 7) is 1.73. The van der Waals surface area contributed by atoms with Crippen molar-refractivity contribution in [2.45, 2.75) is 6.92 Å². The molecule has 5 nitrogen and oxygen atoms in total. The number of ketones is 1. The van der Waals surface area contributed by atoms with Crippen molar-refractivity contribution in [3.63, 3.8) is 0 Å². The highest BCUT2D eigenvalue weighted by atomic mass is 16.3. The average Bonchev–Trinajstić information content (AvgIpc) is 2.60. The molecule has 2 N–H and O–H groups in total. The number of aromatic hydroxyl groups is 1. The monoisotopic (exact) mass is 334 g/mol. The molecule has 126 valence electrons. The lowest BCUT2D eigenvalue weighted by atomic mass is 10.1. The Balaban J connectivity index is 2.03. The fourth-order valence-electron chi connectivity index (χ4n) is 2.76. The summed E-state index contributed by atoms with van der Waals surface area (Å²) >= 11 is 0. The van der Waals surface area contributed by atoms with E-state index in [0.717, 1.165) is 5.69 Å². The lowest BCUT2D eigenvalue weighted by Crippen LogP contribution is -2.24. The van der Waals surface area contributed by atoms with Crippen molar-refractivity contribution in [1.29, 1.82) is 0 Å². The van der Waals surface area contributed by atoms with Gasteiger partial charge in [-0.15, -0.1) is 0 Å². The van der Waals surface area contributed by atoms with Gasteiger partial charge in [0.25, 0.3) is 5.56 Å². The van der Waals surface area contributed by atoms with Crippen LogP contribution in [0.5, 0.6) is 5.75 Å². The molecule has 0 saturated heterocycles. The standard InChI is InChI=1S/C20H18N2O3/c1-13(21-14-8-4-3-5-9-14)12-17(23)18-19(24)15-10-6-7-11-16(15)22(2)20(18)25/h3-12,21,24H,1-2H3/b13-12+. The molecule has 0 saturated carbocycles. The summed E-state index contributed by atoms with van der Waals surface area (Å²) in [4.78, 5) is 25.1. The highest BCUT2D eigenvalue weighted by Crippen LogP contribution is 2.26. The molecule has 0 fully saturated rings. The van der Waals surface area contributed by atoms with E-state index in [1.54, 1.807) is 38.2 Å². The molecule has 0 bridgehead atoms. The van der Waals surface area contributed by atoms with Crippen molar-refractivity contribution < 1.29 is 9.90 Å². The number of carbonyl (C=O) groups excluding carboxylic acids is 1. The molecule has 0 aliphatic heterocycles. The second kappa shape index (κ2) is 6.65. The molecule has 3 rings (SSSR count). The quantitative estimate of drug-likeness (QED) is 0.566. The van der Waals surface area contributed by atoms with Crippen molar-refractivity contribution in [3.05, 3.63) is 82.3 Å². The van der Waals surface area contributed by atoms with Crippen LogP contribution in [-0.2, 0) is 7.05 Å². The van der Waals surface area contributed by atoms with Crippen LogP contribution in [0.3, 0.4) is 0 Å². The van der Waals surface area contributed by atoms with Gasteiger partial charge < -0.3 is 15.0 Å². The highest BCUT2D eigenvalue weighted by Gasteiger charge is 2.19. The highest BCUT2D eigenvalue weighted by molar-refractivity contribution is 6.09. The van der Waals surface area contributed by atoms with Gasteiger partial charge >= 0.3 is 0 Å². The van der Waals surface area contributed by atoms with Gasteiger partial charge in [-0.2, -0.15) is 0 Å². The lowest BCUT2D eigenvalue weighted by molar-refractivity contribution is 0.104. The van der Waals surface area contributed by atoms with Crippen molar-refractivity contribution in [2.24, 2.45) is 7.05 Å². The van der Waals surface area contributed by atoms with Crippen LogP contribution in [0, 0.1) is 0 Å². The minimum absolute atomic E-state index is 0.226. The Morgan fingerprint density at radius 3 is 2.44 bits per heavy atom. The van der Waals surface area contributed by atoms with Gasteiger partial charge in [-0.3, -0.25) is 9.59 Å². The number of para-hydroxylation sites is 2. The van der Waals surface area contributed by atoms with E-state index in [1.165, 1.54) is 10.6 Å². The first-order valence-electron chi connectivity index (χ1n) is 7.84.